The predicted octanol–water partition coefficient (Wildman–Crippen LogP) is 3.48. The van der Waals surface area contributed by atoms with Crippen LogP contribution in [0.15, 0.2) is 48.5 Å². The van der Waals surface area contributed by atoms with Crippen molar-refractivity contribution in [2.24, 2.45) is 0 Å². The molecule has 0 bridgehead atoms. The highest BCUT2D eigenvalue weighted by molar-refractivity contribution is 6.30. The third-order valence-corrected chi connectivity index (χ3v) is 3.54. The first-order chi connectivity index (χ1) is 11.2. The third kappa shape index (κ3) is 5.83. The number of rotatable bonds is 8. The van der Waals surface area contributed by atoms with E-state index < -0.39 is 0 Å². The summed E-state index contributed by atoms with van der Waals surface area (Å²) >= 11 is 5.85. The molecule has 1 N–H and O–H groups in total. The number of amides is 1. The molecule has 122 valence electrons. The van der Waals surface area contributed by atoms with E-state index >= 15 is 0 Å². The lowest BCUT2D eigenvalue weighted by atomic mass is 10.1. The molecule has 0 saturated carbocycles. The molecule has 4 nitrogen and oxygen atoms in total. The number of aryl methyl sites for hydroxylation is 1. The molecule has 2 aromatic rings. The maximum atomic E-state index is 11.7. The van der Waals surface area contributed by atoms with Gasteiger partial charge in [-0.1, -0.05) is 35.9 Å². The summed E-state index contributed by atoms with van der Waals surface area (Å²) in [6.45, 7) is 0.574. The van der Waals surface area contributed by atoms with Crippen LogP contribution in [0.3, 0.4) is 0 Å². The van der Waals surface area contributed by atoms with Crippen LogP contribution in [0.5, 0.6) is 11.5 Å². The second kappa shape index (κ2) is 9.06. The molecule has 23 heavy (non-hydrogen) atoms. The zero-order valence-corrected chi connectivity index (χ0v) is 13.8. The Morgan fingerprint density at radius 3 is 2.78 bits per heavy atom. The maximum Gasteiger partial charge on any atom is 0.257 e. The minimum Gasteiger partial charge on any atom is -0.496 e. The van der Waals surface area contributed by atoms with Gasteiger partial charge in [0.25, 0.3) is 5.91 Å². The molecule has 0 aromatic heterocycles. The van der Waals surface area contributed by atoms with Gasteiger partial charge in [-0.3, -0.25) is 4.79 Å². The van der Waals surface area contributed by atoms with Crippen LogP contribution >= 0.6 is 11.6 Å². The maximum absolute atomic E-state index is 11.7. The average molecular weight is 334 g/mol. The summed E-state index contributed by atoms with van der Waals surface area (Å²) in [5.74, 6) is 1.31. The number of hydrogen-bond acceptors (Lipinski definition) is 3. The highest BCUT2D eigenvalue weighted by Crippen LogP contribution is 2.18. The number of ether oxygens (including phenoxy) is 2. The van der Waals surface area contributed by atoms with Crippen LogP contribution in [0.4, 0.5) is 0 Å². The van der Waals surface area contributed by atoms with Gasteiger partial charge in [0.15, 0.2) is 6.61 Å². The number of hydrogen-bond donors (Lipinski definition) is 1. The van der Waals surface area contributed by atoms with E-state index in [1.807, 2.05) is 24.3 Å². The van der Waals surface area contributed by atoms with E-state index in [-0.39, 0.29) is 12.5 Å². The quantitative estimate of drug-likeness (QED) is 0.752. The van der Waals surface area contributed by atoms with Crippen LogP contribution in [-0.2, 0) is 11.2 Å². The second-order valence-electron chi connectivity index (χ2n) is 5.01. The molecule has 1 amide bonds. The molecule has 0 radical (unpaired) electrons. The Hall–Kier alpha value is -2.20. The van der Waals surface area contributed by atoms with Crippen molar-refractivity contribution in [3.05, 3.63) is 59.1 Å². The lowest BCUT2D eigenvalue weighted by Crippen LogP contribution is -2.29. The van der Waals surface area contributed by atoms with E-state index in [4.69, 9.17) is 21.1 Å². The molecule has 2 rings (SSSR count). The van der Waals surface area contributed by atoms with E-state index in [0.717, 1.165) is 24.2 Å². The highest BCUT2D eigenvalue weighted by Gasteiger charge is 2.04. The van der Waals surface area contributed by atoms with Crippen molar-refractivity contribution in [3.63, 3.8) is 0 Å². The van der Waals surface area contributed by atoms with Crippen molar-refractivity contribution in [3.8, 4) is 11.5 Å². The number of benzene rings is 2. The Balaban J connectivity index is 1.67. The zero-order valence-electron chi connectivity index (χ0n) is 13.0. The standard InChI is InChI=1S/C18H20ClNO3/c1-22-17-10-3-2-6-14(17)7-5-11-20-18(21)13-23-16-9-4-8-15(19)12-16/h2-4,6,8-10,12H,5,7,11,13H2,1H3,(H,20,21). The molecule has 0 spiro atoms. The van der Waals surface area contributed by atoms with Crippen molar-refractivity contribution >= 4 is 17.5 Å². The van der Waals surface area contributed by atoms with Crippen LogP contribution in [0, 0.1) is 0 Å². The highest BCUT2D eigenvalue weighted by atomic mass is 35.5. The van der Waals surface area contributed by atoms with Gasteiger partial charge in [0, 0.05) is 11.6 Å². The van der Waals surface area contributed by atoms with E-state index in [1.165, 1.54) is 0 Å². The van der Waals surface area contributed by atoms with Crippen molar-refractivity contribution in [2.75, 3.05) is 20.3 Å². The van der Waals surface area contributed by atoms with Gasteiger partial charge in [0.1, 0.15) is 11.5 Å². The molecule has 2 aromatic carbocycles. The van der Waals surface area contributed by atoms with Crippen molar-refractivity contribution in [1.29, 1.82) is 0 Å². The normalized spacial score (nSPS) is 10.2. The number of carbonyl (C=O) groups is 1. The summed E-state index contributed by atoms with van der Waals surface area (Å²) in [7, 11) is 1.66. The number of para-hydroxylation sites is 1. The molecule has 0 atom stereocenters. The van der Waals surface area contributed by atoms with Crippen LogP contribution in [0.2, 0.25) is 5.02 Å². The fourth-order valence-corrected chi connectivity index (χ4v) is 2.35. The summed E-state index contributed by atoms with van der Waals surface area (Å²) in [6.07, 6.45) is 1.68. The van der Waals surface area contributed by atoms with Gasteiger partial charge < -0.3 is 14.8 Å². The molecule has 5 heteroatoms. The van der Waals surface area contributed by atoms with Gasteiger partial charge in [0.2, 0.25) is 0 Å². The van der Waals surface area contributed by atoms with E-state index in [2.05, 4.69) is 5.32 Å². The van der Waals surface area contributed by atoms with E-state index in [9.17, 15) is 4.79 Å². The van der Waals surface area contributed by atoms with Gasteiger partial charge in [-0.15, -0.1) is 0 Å². The Morgan fingerprint density at radius 2 is 2.00 bits per heavy atom. The lowest BCUT2D eigenvalue weighted by molar-refractivity contribution is -0.123. The Labute approximate surface area is 141 Å². The fraction of sp³-hybridized carbons (Fsp3) is 0.278. The first-order valence-corrected chi connectivity index (χ1v) is 7.84. The number of nitrogens with one attached hydrogen (secondary N) is 1. The smallest absolute Gasteiger partial charge is 0.257 e. The molecule has 0 aliphatic heterocycles. The van der Waals surface area contributed by atoms with Crippen LogP contribution in [0.25, 0.3) is 0 Å². The first-order valence-electron chi connectivity index (χ1n) is 7.46. The second-order valence-corrected chi connectivity index (χ2v) is 5.45. The Kier molecular flexibility index (Phi) is 6.76. The monoisotopic (exact) mass is 333 g/mol. The summed E-state index contributed by atoms with van der Waals surface area (Å²) in [5.41, 5.74) is 1.14. The molecule has 0 aliphatic rings. The van der Waals surface area contributed by atoms with Gasteiger partial charge in [-0.2, -0.15) is 0 Å². The molecule has 0 unspecified atom stereocenters. The van der Waals surface area contributed by atoms with E-state index in [1.54, 1.807) is 31.4 Å². The number of carbonyl (C=O) groups excluding carboxylic acids is 1. The third-order valence-electron chi connectivity index (χ3n) is 3.30. The van der Waals surface area contributed by atoms with Gasteiger partial charge >= 0.3 is 0 Å². The molecule has 0 aliphatic carbocycles. The number of halogens is 1. The van der Waals surface area contributed by atoms with Gasteiger partial charge in [-0.05, 0) is 42.7 Å². The number of methoxy groups -OCH3 is 1. The van der Waals surface area contributed by atoms with E-state index in [0.29, 0.717) is 17.3 Å². The van der Waals surface area contributed by atoms with Crippen molar-refractivity contribution in [1.82, 2.24) is 5.32 Å². The molecular formula is C18H20ClNO3. The average Bonchev–Trinajstić information content (AvgIpc) is 2.57. The van der Waals surface area contributed by atoms with Crippen molar-refractivity contribution < 1.29 is 14.3 Å². The molecule has 0 saturated heterocycles. The molecular weight excluding hydrogens is 314 g/mol. The Morgan fingerprint density at radius 1 is 1.17 bits per heavy atom. The van der Waals surface area contributed by atoms with Gasteiger partial charge in [0.05, 0.1) is 7.11 Å². The molecule has 0 heterocycles. The van der Waals surface area contributed by atoms with Crippen molar-refractivity contribution in [2.45, 2.75) is 12.8 Å². The minimum atomic E-state index is -0.148. The topological polar surface area (TPSA) is 47.6 Å². The van der Waals surface area contributed by atoms with Crippen LogP contribution in [-0.4, -0.2) is 26.2 Å². The summed E-state index contributed by atoms with van der Waals surface area (Å²) in [5, 5.41) is 3.42. The Bertz CT molecular complexity index is 646. The zero-order chi connectivity index (χ0) is 16.5. The largest absolute Gasteiger partial charge is 0.496 e. The lowest BCUT2D eigenvalue weighted by Gasteiger charge is -2.09. The van der Waals surface area contributed by atoms with Crippen LogP contribution in [0.1, 0.15) is 12.0 Å². The summed E-state index contributed by atoms with van der Waals surface area (Å²) < 4.78 is 10.7. The predicted molar refractivity (Wildman–Crippen MR) is 91.3 cm³/mol. The van der Waals surface area contributed by atoms with Crippen LogP contribution < -0.4 is 14.8 Å². The SMILES string of the molecule is COc1ccccc1CCCNC(=O)COc1cccc(Cl)c1. The summed E-state index contributed by atoms with van der Waals surface area (Å²) in [6, 6.07) is 14.9. The first kappa shape index (κ1) is 17.2. The fourth-order valence-electron chi connectivity index (χ4n) is 2.17. The molecule has 0 fully saturated rings. The minimum absolute atomic E-state index is 0.0188. The summed E-state index contributed by atoms with van der Waals surface area (Å²) in [4.78, 5) is 11.7. The van der Waals surface area contributed by atoms with Gasteiger partial charge in [-0.25, -0.2) is 0 Å².